The van der Waals surface area contributed by atoms with Crippen molar-refractivity contribution in [3.8, 4) is 0 Å². The highest BCUT2D eigenvalue weighted by Crippen LogP contribution is 2.31. The lowest BCUT2D eigenvalue weighted by atomic mass is 9.96. The molecule has 2 unspecified atom stereocenters. The van der Waals surface area contributed by atoms with Crippen molar-refractivity contribution in [2.75, 3.05) is 18.4 Å². The molecule has 0 radical (unpaired) electrons. The molecule has 21 heavy (non-hydrogen) atoms. The summed E-state index contributed by atoms with van der Waals surface area (Å²) in [7, 11) is 0. The molecule has 1 amide bonds. The molecule has 0 heterocycles. The normalized spacial score (nSPS) is 21.2. The van der Waals surface area contributed by atoms with Gasteiger partial charge in [0.05, 0.1) is 12.5 Å². The Balaban J connectivity index is 1.73. The van der Waals surface area contributed by atoms with Gasteiger partial charge in [0.25, 0.3) is 0 Å². The van der Waals surface area contributed by atoms with E-state index < -0.39 is 5.97 Å². The molecule has 0 aliphatic heterocycles. The van der Waals surface area contributed by atoms with Crippen molar-refractivity contribution in [1.29, 1.82) is 0 Å². The maximum absolute atomic E-state index is 11.8. The molecule has 2 atom stereocenters. The van der Waals surface area contributed by atoms with Gasteiger partial charge in [-0.2, -0.15) is 0 Å². The zero-order valence-electron chi connectivity index (χ0n) is 11.6. The molecule has 3 N–H and O–H groups in total. The number of carbonyl (C=O) groups excluding carboxylic acids is 1. The number of hydrogen-bond donors (Lipinski definition) is 3. The van der Waals surface area contributed by atoms with E-state index in [0.717, 1.165) is 19.3 Å². The van der Waals surface area contributed by atoms with Crippen molar-refractivity contribution in [1.82, 2.24) is 5.32 Å². The van der Waals surface area contributed by atoms with E-state index >= 15 is 0 Å². The molecule has 1 saturated carbocycles. The lowest BCUT2D eigenvalue weighted by Gasteiger charge is -2.16. The van der Waals surface area contributed by atoms with Gasteiger partial charge in [0.2, 0.25) is 5.91 Å². The molecule has 1 aliphatic rings. The van der Waals surface area contributed by atoms with Crippen molar-refractivity contribution in [3.63, 3.8) is 0 Å². The van der Waals surface area contributed by atoms with Crippen LogP contribution in [0.4, 0.5) is 5.69 Å². The molecule has 1 aromatic rings. The van der Waals surface area contributed by atoms with Crippen molar-refractivity contribution in [3.05, 3.63) is 29.3 Å². The van der Waals surface area contributed by atoms with Crippen LogP contribution in [0.1, 0.15) is 19.3 Å². The molecule has 1 aliphatic carbocycles. The first-order valence-electron chi connectivity index (χ1n) is 7.05. The number of aliphatic carboxylic acids is 1. The molecule has 5 nitrogen and oxygen atoms in total. The fraction of sp³-hybridized carbons (Fsp3) is 0.467. The van der Waals surface area contributed by atoms with Crippen LogP contribution in [0.15, 0.2) is 24.3 Å². The van der Waals surface area contributed by atoms with Gasteiger partial charge >= 0.3 is 5.97 Å². The lowest BCUT2D eigenvalue weighted by Crippen LogP contribution is -2.34. The van der Waals surface area contributed by atoms with Gasteiger partial charge in [-0.15, -0.1) is 0 Å². The van der Waals surface area contributed by atoms with E-state index in [2.05, 4.69) is 10.6 Å². The van der Waals surface area contributed by atoms with E-state index in [1.54, 1.807) is 24.3 Å². The number of benzene rings is 1. The van der Waals surface area contributed by atoms with E-state index in [1.165, 1.54) is 0 Å². The molecule has 0 saturated heterocycles. The Labute approximate surface area is 128 Å². The van der Waals surface area contributed by atoms with Crippen LogP contribution in [0.3, 0.4) is 0 Å². The number of carboxylic acids is 1. The van der Waals surface area contributed by atoms with E-state index in [9.17, 15) is 9.59 Å². The second-order valence-corrected chi connectivity index (χ2v) is 5.76. The Morgan fingerprint density at radius 3 is 2.86 bits per heavy atom. The standard InChI is InChI=1S/C15H19ClN2O3/c16-11-4-2-5-12(7-11)18-14(19)9-17-8-10-3-1-6-13(10)15(20)21/h2,4-5,7,10,13,17H,1,3,6,8-9H2,(H,18,19)(H,20,21). The van der Waals surface area contributed by atoms with Crippen LogP contribution in [0.2, 0.25) is 5.02 Å². The van der Waals surface area contributed by atoms with Gasteiger partial charge < -0.3 is 15.7 Å². The Bertz CT molecular complexity index is 521. The average molecular weight is 311 g/mol. The number of nitrogens with one attached hydrogen (secondary N) is 2. The third-order valence-corrected chi connectivity index (χ3v) is 4.01. The SMILES string of the molecule is O=C(CNCC1CCCC1C(=O)O)Nc1cccc(Cl)c1. The van der Waals surface area contributed by atoms with Crippen LogP contribution >= 0.6 is 11.6 Å². The van der Waals surface area contributed by atoms with Crippen molar-refractivity contribution in [2.24, 2.45) is 11.8 Å². The van der Waals surface area contributed by atoms with Crippen molar-refractivity contribution >= 4 is 29.2 Å². The lowest BCUT2D eigenvalue weighted by molar-refractivity contribution is -0.142. The molecule has 0 aromatic heterocycles. The van der Waals surface area contributed by atoms with Gasteiger partial charge in [-0.1, -0.05) is 24.1 Å². The highest BCUT2D eigenvalue weighted by molar-refractivity contribution is 6.30. The van der Waals surface area contributed by atoms with Crippen LogP contribution in [0.25, 0.3) is 0 Å². The molecule has 114 valence electrons. The summed E-state index contributed by atoms with van der Waals surface area (Å²) < 4.78 is 0. The second kappa shape index (κ2) is 7.43. The first kappa shape index (κ1) is 15.8. The van der Waals surface area contributed by atoms with Crippen LogP contribution in [0.5, 0.6) is 0 Å². The largest absolute Gasteiger partial charge is 0.481 e. The molecular formula is C15H19ClN2O3. The minimum atomic E-state index is -0.734. The molecule has 6 heteroatoms. The zero-order valence-corrected chi connectivity index (χ0v) is 12.4. The number of carboxylic acid groups (broad SMARTS) is 1. The van der Waals surface area contributed by atoms with Crippen molar-refractivity contribution < 1.29 is 14.7 Å². The number of hydrogen-bond acceptors (Lipinski definition) is 3. The monoisotopic (exact) mass is 310 g/mol. The predicted molar refractivity (Wildman–Crippen MR) is 81.4 cm³/mol. The minimum Gasteiger partial charge on any atom is -0.481 e. The number of carbonyl (C=O) groups is 2. The summed E-state index contributed by atoms with van der Waals surface area (Å²) in [6, 6.07) is 6.95. The third-order valence-electron chi connectivity index (χ3n) is 3.78. The van der Waals surface area contributed by atoms with Crippen molar-refractivity contribution in [2.45, 2.75) is 19.3 Å². The fourth-order valence-corrected chi connectivity index (χ4v) is 2.94. The van der Waals surface area contributed by atoms with Gasteiger partial charge in [0.1, 0.15) is 0 Å². The summed E-state index contributed by atoms with van der Waals surface area (Å²) in [6.45, 7) is 0.718. The molecule has 0 spiro atoms. The minimum absolute atomic E-state index is 0.112. The number of halogens is 1. The third kappa shape index (κ3) is 4.72. The van der Waals surface area contributed by atoms with Crippen LogP contribution in [-0.4, -0.2) is 30.1 Å². The Hall–Kier alpha value is -1.59. The molecule has 1 fully saturated rings. The first-order chi connectivity index (χ1) is 10.1. The van der Waals surface area contributed by atoms with E-state index in [1.807, 2.05) is 0 Å². The fourth-order valence-electron chi connectivity index (χ4n) is 2.75. The van der Waals surface area contributed by atoms with E-state index in [-0.39, 0.29) is 24.3 Å². The topological polar surface area (TPSA) is 78.4 Å². The number of amides is 1. The highest BCUT2D eigenvalue weighted by atomic mass is 35.5. The number of anilines is 1. The van der Waals surface area contributed by atoms with Gasteiger partial charge in [-0.25, -0.2) is 0 Å². The molecule has 0 bridgehead atoms. The van der Waals surface area contributed by atoms with Gasteiger partial charge in [0, 0.05) is 10.7 Å². The number of rotatable bonds is 6. The van der Waals surface area contributed by atoms with Gasteiger partial charge in [-0.05, 0) is 43.5 Å². The summed E-state index contributed by atoms with van der Waals surface area (Å²) >= 11 is 5.84. The van der Waals surface area contributed by atoms with Gasteiger partial charge in [0.15, 0.2) is 0 Å². The van der Waals surface area contributed by atoms with Gasteiger partial charge in [-0.3, -0.25) is 9.59 Å². The summed E-state index contributed by atoms with van der Waals surface area (Å²) in [5.41, 5.74) is 0.651. The average Bonchev–Trinajstić information content (AvgIpc) is 2.87. The first-order valence-corrected chi connectivity index (χ1v) is 7.43. The van der Waals surface area contributed by atoms with Crippen LogP contribution in [-0.2, 0) is 9.59 Å². The zero-order chi connectivity index (χ0) is 15.2. The summed E-state index contributed by atoms with van der Waals surface area (Å²) in [4.78, 5) is 22.8. The maximum Gasteiger partial charge on any atom is 0.306 e. The quantitative estimate of drug-likeness (QED) is 0.754. The summed E-state index contributed by atoms with van der Waals surface area (Å²) in [5.74, 6) is -1.07. The Morgan fingerprint density at radius 2 is 2.14 bits per heavy atom. The maximum atomic E-state index is 11.8. The Morgan fingerprint density at radius 1 is 1.33 bits per heavy atom. The van der Waals surface area contributed by atoms with E-state index in [0.29, 0.717) is 17.3 Å². The highest BCUT2D eigenvalue weighted by Gasteiger charge is 2.32. The summed E-state index contributed by atoms with van der Waals surface area (Å²) in [5, 5.41) is 15.4. The van der Waals surface area contributed by atoms with E-state index in [4.69, 9.17) is 16.7 Å². The Kier molecular flexibility index (Phi) is 5.59. The predicted octanol–water partition coefficient (Wildman–Crippen LogP) is 2.37. The second-order valence-electron chi connectivity index (χ2n) is 5.33. The van der Waals surface area contributed by atoms with Crippen LogP contribution < -0.4 is 10.6 Å². The summed E-state index contributed by atoms with van der Waals surface area (Å²) in [6.07, 6.45) is 2.58. The molecule has 1 aromatic carbocycles. The smallest absolute Gasteiger partial charge is 0.306 e. The molecular weight excluding hydrogens is 292 g/mol. The van der Waals surface area contributed by atoms with Crippen LogP contribution in [0, 0.1) is 11.8 Å². The molecule has 2 rings (SSSR count).